The van der Waals surface area contributed by atoms with Crippen LogP contribution in [0.15, 0.2) is 35.5 Å². The summed E-state index contributed by atoms with van der Waals surface area (Å²) in [5, 5.41) is 14.4. The van der Waals surface area contributed by atoms with Gasteiger partial charge in [-0.15, -0.1) is 5.10 Å². The predicted octanol–water partition coefficient (Wildman–Crippen LogP) is 3.60. The number of amides is 1. The smallest absolute Gasteiger partial charge is 0.234 e. The number of rotatable bonds is 5. The van der Waals surface area contributed by atoms with Crippen LogP contribution in [0.4, 0.5) is 14.5 Å². The molecule has 0 saturated carbocycles. The van der Waals surface area contributed by atoms with E-state index in [-0.39, 0.29) is 11.4 Å². The second-order valence-corrected chi connectivity index (χ2v) is 7.02. The summed E-state index contributed by atoms with van der Waals surface area (Å²) in [6, 6.07) is 6.93. The molecule has 1 N–H and O–H groups in total. The number of hydrogen-bond donors (Lipinski definition) is 1. The molecular formula is C18H17F2N5OS. The zero-order valence-electron chi connectivity index (χ0n) is 15.0. The average Bonchev–Trinajstić information content (AvgIpc) is 3.03. The van der Waals surface area contributed by atoms with Crippen LogP contribution in [0, 0.1) is 32.4 Å². The molecule has 9 heteroatoms. The first-order chi connectivity index (χ1) is 12.8. The number of aromatic nitrogens is 4. The van der Waals surface area contributed by atoms with Gasteiger partial charge in [-0.25, -0.2) is 8.78 Å². The molecule has 0 aliphatic carbocycles. The highest BCUT2D eigenvalue weighted by Crippen LogP contribution is 2.25. The molecule has 6 nitrogen and oxygen atoms in total. The lowest BCUT2D eigenvalue weighted by Gasteiger charge is -2.12. The van der Waals surface area contributed by atoms with Crippen molar-refractivity contribution in [2.75, 3.05) is 11.1 Å². The lowest BCUT2D eigenvalue weighted by atomic mass is 10.1. The van der Waals surface area contributed by atoms with E-state index in [0.29, 0.717) is 5.16 Å². The number of carbonyl (C=O) groups is 1. The summed E-state index contributed by atoms with van der Waals surface area (Å²) in [7, 11) is 0. The van der Waals surface area contributed by atoms with Crippen molar-refractivity contribution in [2.24, 2.45) is 0 Å². The Morgan fingerprint density at radius 1 is 1.15 bits per heavy atom. The third-order valence-corrected chi connectivity index (χ3v) is 4.74. The van der Waals surface area contributed by atoms with Crippen molar-refractivity contribution in [1.82, 2.24) is 20.2 Å². The van der Waals surface area contributed by atoms with Crippen molar-refractivity contribution < 1.29 is 13.6 Å². The molecule has 140 valence electrons. The standard InChI is InChI=1S/C18H17F2N5OS/c1-10-6-11(2)17(12(3)7-10)25-18(22-23-24-25)27-9-16(26)21-15-8-13(19)4-5-14(15)20/h4-8H,9H2,1-3H3,(H,21,26). The van der Waals surface area contributed by atoms with Crippen LogP contribution in [-0.2, 0) is 4.79 Å². The Morgan fingerprint density at radius 3 is 2.56 bits per heavy atom. The van der Waals surface area contributed by atoms with E-state index < -0.39 is 17.5 Å². The number of hydrogen-bond acceptors (Lipinski definition) is 5. The molecule has 1 aromatic heterocycles. The number of nitrogens with one attached hydrogen (secondary N) is 1. The molecule has 0 radical (unpaired) electrons. The van der Waals surface area contributed by atoms with Crippen LogP contribution in [0.1, 0.15) is 16.7 Å². The van der Waals surface area contributed by atoms with Gasteiger partial charge in [0.15, 0.2) is 0 Å². The molecule has 0 aliphatic rings. The van der Waals surface area contributed by atoms with Crippen molar-refractivity contribution in [3.8, 4) is 5.69 Å². The van der Waals surface area contributed by atoms with E-state index in [9.17, 15) is 13.6 Å². The predicted molar refractivity (Wildman–Crippen MR) is 99.1 cm³/mol. The van der Waals surface area contributed by atoms with Crippen LogP contribution < -0.4 is 5.32 Å². The Bertz CT molecular complexity index is 982. The molecule has 0 aliphatic heterocycles. The highest BCUT2D eigenvalue weighted by atomic mass is 32.2. The number of nitrogens with zero attached hydrogens (tertiary/aromatic N) is 4. The van der Waals surface area contributed by atoms with Crippen LogP contribution in [0.3, 0.4) is 0 Å². The van der Waals surface area contributed by atoms with Crippen molar-refractivity contribution in [1.29, 1.82) is 0 Å². The van der Waals surface area contributed by atoms with E-state index in [2.05, 4.69) is 20.8 Å². The summed E-state index contributed by atoms with van der Waals surface area (Å²) < 4.78 is 28.4. The number of carbonyl (C=O) groups excluding carboxylic acids is 1. The summed E-state index contributed by atoms with van der Waals surface area (Å²) in [5.41, 5.74) is 3.79. The number of anilines is 1. The monoisotopic (exact) mass is 389 g/mol. The molecule has 1 heterocycles. The Morgan fingerprint density at radius 2 is 1.85 bits per heavy atom. The van der Waals surface area contributed by atoms with Gasteiger partial charge in [0.1, 0.15) is 11.6 Å². The quantitative estimate of drug-likeness (QED) is 0.675. The summed E-state index contributed by atoms with van der Waals surface area (Å²) in [4.78, 5) is 12.1. The molecule has 0 saturated heterocycles. The molecule has 0 spiro atoms. The Labute approximate surface area is 159 Å². The topological polar surface area (TPSA) is 72.7 Å². The maximum atomic E-state index is 13.6. The van der Waals surface area contributed by atoms with Crippen molar-refractivity contribution >= 4 is 23.4 Å². The SMILES string of the molecule is Cc1cc(C)c(-n2nnnc2SCC(=O)Nc2cc(F)ccc2F)c(C)c1. The van der Waals surface area contributed by atoms with Crippen LogP contribution in [-0.4, -0.2) is 31.9 Å². The van der Waals surface area contributed by atoms with Crippen LogP contribution in [0.2, 0.25) is 0 Å². The maximum absolute atomic E-state index is 13.6. The van der Waals surface area contributed by atoms with E-state index >= 15 is 0 Å². The van der Waals surface area contributed by atoms with Gasteiger partial charge in [-0.1, -0.05) is 29.5 Å². The van der Waals surface area contributed by atoms with Gasteiger partial charge in [0.2, 0.25) is 11.1 Å². The Kier molecular flexibility index (Phi) is 5.50. The minimum Gasteiger partial charge on any atom is -0.323 e. The maximum Gasteiger partial charge on any atom is 0.234 e. The molecule has 2 aromatic carbocycles. The van der Waals surface area contributed by atoms with Gasteiger partial charge in [-0.3, -0.25) is 4.79 Å². The number of aryl methyl sites for hydroxylation is 3. The van der Waals surface area contributed by atoms with Gasteiger partial charge in [-0.2, -0.15) is 4.68 Å². The second kappa shape index (κ2) is 7.83. The van der Waals surface area contributed by atoms with E-state index in [1.54, 1.807) is 4.68 Å². The number of tetrazole rings is 1. The van der Waals surface area contributed by atoms with Crippen molar-refractivity contribution in [2.45, 2.75) is 25.9 Å². The van der Waals surface area contributed by atoms with Gasteiger partial charge in [0, 0.05) is 6.07 Å². The molecular weight excluding hydrogens is 372 g/mol. The van der Waals surface area contributed by atoms with E-state index in [1.165, 1.54) is 0 Å². The molecule has 27 heavy (non-hydrogen) atoms. The van der Waals surface area contributed by atoms with Crippen molar-refractivity contribution in [3.63, 3.8) is 0 Å². The van der Waals surface area contributed by atoms with Crippen LogP contribution >= 0.6 is 11.8 Å². The van der Waals surface area contributed by atoms with Gasteiger partial charge in [-0.05, 0) is 54.5 Å². The lowest BCUT2D eigenvalue weighted by Crippen LogP contribution is -2.16. The summed E-state index contributed by atoms with van der Waals surface area (Å²) >= 11 is 1.11. The molecule has 1 amide bonds. The van der Waals surface area contributed by atoms with E-state index in [1.807, 2.05) is 32.9 Å². The fraction of sp³-hybridized carbons (Fsp3) is 0.222. The fourth-order valence-corrected chi connectivity index (χ4v) is 3.50. The third-order valence-electron chi connectivity index (χ3n) is 3.82. The fourth-order valence-electron chi connectivity index (χ4n) is 2.83. The zero-order chi connectivity index (χ0) is 19.6. The van der Waals surface area contributed by atoms with E-state index in [0.717, 1.165) is 52.3 Å². The van der Waals surface area contributed by atoms with Crippen LogP contribution in [0.5, 0.6) is 0 Å². The molecule has 0 unspecified atom stereocenters. The van der Waals surface area contributed by atoms with Crippen molar-refractivity contribution in [3.05, 3.63) is 58.7 Å². The minimum absolute atomic E-state index is 0.0553. The number of thioether (sulfide) groups is 1. The molecule has 3 rings (SSSR count). The molecule has 0 bridgehead atoms. The van der Waals surface area contributed by atoms with Gasteiger partial charge >= 0.3 is 0 Å². The Hall–Kier alpha value is -2.81. The van der Waals surface area contributed by atoms with Gasteiger partial charge < -0.3 is 5.32 Å². The summed E-state index contributed by atoms with van der Waals surface area (Å²) in [5.74, 6) is -1.88. The molecule has 0 fully saturated rings. The first kappa shape index (κ1) is 19.0. The first-order valence-electron chi connectivity index (χ1n) is 8.09. The Balaban J connectivity index is 1.74. The average molecular weight is 389 g/mol. The summed E-state index contributed by atoms with van der Waals surface area (Å²) in [6.07, 6.45) is 0. The zero-order valence-corrected chi connectivity index (χ0v) is 15.8. The number of halogens is 2. The highest BCUT2D eigenvalue weighted by Gasteiger charge is 2.16. The molecule has 3 aromatic rings. The van der Waals surface area contributed by atoms with E-state index in [4.69, 9.17) is 0 Å². The normalized spacial score (nSPS) is 10.9. The third kappa shape index (κ3) is 4.30. The second-order valence-electron chi connectivity index (χ2n) is 6.08. The summed E-state index contributed by atoms with van der Waals surface area (Å²) in [6.45, 7) is 5.94. The lowest BCUT2D eigenvalue weighted by molar-refractivity contribution is -0.113. The number of benzene rings is 2. The molecule has 0 atom stereocenters. The minimum atomic E-state index is -0.703. The first-order valence-corrected chi connectivity index (χ1v) is 9.08. The van der Waals surface area contributed by atoms with Gasteiger partial charge in [0.05, 0.1) is 17.1 Å². The van der Waals surface area contributed by atoms with Gasteiger partial charge in [0.25, 0.3) is 0 Å². The van der Waals surface area contributed by atoms with Crippen LogP contribution in [0.25, 0.3) is 5.69 Å². The largest absolute Gasteiger partial charge is 0.323 e. The highest BCUT2D eigenvalue weighted by molar-refractivity contribution is 7.99.